The molecular formula is C40H73O8P. The lowest BCUT2D eigenvalue weighted by atomic mass is 10.1. The van der Waals surface area contributed by atoms with Crippen LogP contribution >= 0.6 is 7.82 Å². The average molecular weight is 713 g/mol. The number of esters is 2. The molecule has 0 aliphatic carbocycles. The van der Waals surface area contributed by atoms with E-state index < -0.39 is 32.5 Å². The minimum absolute atomic E-state index is 0.201. The summed E-state index contributed by atoms with van der Waals surface area (Å²) in [4.78, 5) is 42.7. The van der Waals surface area contributed by atoms with E-state index in [1.54, 1.807) is 0 Å². The van der Waals surface area contributed by atoms with Gasteiger partial charge in [-0.2, -0.15) is 0 Å². The fourth-order valence-corrected chi connectivity index (χ4v) is 5.76. The molecule has 8 nitrogen and oxygen atoms in total. The molecular weight excluding hydrogens is 639 g/mol. The van der Waals surface area contributed by atoms with Crippen LogP contribution in [-0.4, -0.2) is 41.0 Å². The molecule has 49 heavy (non-hydrogen) atoms. The van der Waals surface area contributed by atoms with Crippen molar-refractivity contribution < 1.29 is 37.9 Å². The Morgan fingerprint density at radius 3 is 1.37 bits per heavy atom. The predicted molar refractivity (Wildman–Crippen MR) is 202 cm³/mol. The Bertz CT molecular complexity index is 895. The molecule has 2 N–H and O–H groups in total. The lowest BCUT2D eigenvalue weighted by Gasteiger charge is -2.18. The SMILES string of the molecule is CCCCCC/C=C\C/C=C\CCCCCCCCCC(=O)OC(COC(=O)CCCCCCC/C=C\CCCCCC)COP(=O)(O)O. The number of phosphoric ester groups is 1. The molecule has 0 radical (unpaired) electrons. The van der Waals surface area contributed by atoms with Crippen LogP contribution in [0.3, 0.4) is 0 Å². The number of unbranched alkanes of at least 4 members (excludes halogenated alkanes) is 20. The summed E-state index contributed by atoms with van der Waals surface area (Å²) in [6.07, 6.45) is 41.4. The van der Waals surface area contributed by atoms with Crippen molar-refractivity contribution in [2.75, 3.05) is 13.2 Å². The zero-order valence-electron chi connectivity index (χ0n) is 31.3. The fraction of sp³-hybridized carbons (Fsp3) is 0.800. The zero-order chi connectivity index (χ0) is 36.1. The quantitative estimate of drug-likeness (QED) is 0.0285. The second-order valence-corrected chi connectivity index (χ2v) is 14.5. The van der Waals surface area contributed by atoms with Crippen molar-refractivity contribution in [3.8, 4) is 0 Å². The van der Waals surface area contributed by atoms with Gasteiger partial charge in [0.2, 0.25) is 0 Å². The van der Waals surface area contributed by atoms with Gasteiger partial charge in [-0.15, -0.1) is 0 Å². The Balaban J connectivity index is 3.96. The second kappa shape index (κ2) is 36.1. The zero-order valence-corrected chi connectivity index (χ0v) is 32.2. The van der Waals surface area contributed by atoms with Crippen LogP contribution in [0.1, 0.15) is 187 Å². The van der Waals surface area contributed by atoms with Crippen molar-refractivity contribution in [1.82, 2.24) is 0 Å². The molecule has 0 rings (SSSR count). The number of ether oxygens (including phenoxy) is 2. The molecule has 9 heteroatoms. The lowest BCUT2D eigenvalue weighted by molar-refractivity contribution is -0.161. The van der Waals surface area contributed by atoms with Crippen LogP contribution in [0, 0.1) is 0 Å². The van der Waals surface area contributed by atoms with Crippen LogP contribution < -0.4 is 0 Å². The van der Waals surface area contributed by atoms with Crippen LogP contribution in [0.4, 0.5) is 0 Å². The third-order valence-electron chi connectivity index (χ3n) is 8.38. The second-order valence-electron chi connectivity index (χ2n) is 13.2. The van der Waals surface area contributed by atoms with Crippen molar-refractivity contribution in [2.24, 2.45) is 0 Å². The summed E-state index contributed by atoms with van der Waals surface area (Å²) < 4.78 is 26.3. The number of hydrogen-bond donors (Lipinski definition) is 2. The smallest absolute Gasteiger partial charge is 0.462 e. The molecule has 0 heterocycles. The third kappa shape index (κ3) is 38.9. The van der Waals surface area contributed by atoms with Gasteiger partial charge in [0, 0.05) is 12.8 Å². The van der Waals surface area contributed by atoms with Crippen molar-refractivity contribution in [1.29, 1.82) is 0 Å². The van der Waals surface area contributed by atoms with E-state index in [9.17, 15) is 14.2 Å². The van der Waals surface area contributed by atoms with E-state index in [-0.39, 0.29) is 19.4 Å². The van der Waals surface area contributed by atoms with E-state index in [0.717, 1.165) is 64.2 Å². The number of carbonyl (C=O) groups excluding carboxylic acids is 2. The summed E-state index contributed by atoms with van der Waals surface area (Å²) in [5.41, 5.74) is 0. The number of phosphoric acid groups is 1. The molecule has 0 aromatic heterocycles. The normalized spacial score (nSPS) is 12.8. The maximum atomic E-state index is 12.4. The van der Waals surface area contributed by atoms with E-state index in [2.05, 4.69) is 54.8 Å². The molecule has 0 aliphatic heterocycles. The van der Waals surface area contributed by atoms with Crippen molar-refractivity contribution in [3.05, 3.63) is 36.5 Å². The number of rotatable bonds is 36. The molecule has 0 amide bonds. The van der Waals surface area contributed by atoms with Gasteiger partial charge in [0.05, 0.1) is 6.61 Å². The highest BCUT2D eigenvalue weighted by Gasteiger charge is 2.22. The minimum Gasteiger partial charge on any atom is -0.462 e. The lowest BCUT2D eigenvalue weighted by Crippen LogP contribution is -2.29. The van der Waals surface area contributed by atoms with E-state index in [1.165, 1.54) is 83.5 Å². The predicted octanol–water partition coefficient (Wildman–Crippen LogP) is 11.8. The number of allylic oxidation sites excluding steroid dienone is 6. The molecule has 0 bridgehead atoms. The van der Waals surface area contributed by atoms with Crippen LogP contribution in [0.5, 0.6) is 0 Å². The van der Waals surface area contributed by atoms with Gasteiger partial charge in [-0.05, 0) is 70.6 Å². The molecule has 0 fully saturated rings. The van der Waals surface area contributed by atoms with Gasteiger partial charge in [0.1, 0.15) is 6.61 Å². The van der Waals surface area contributed by atoms with Gasteiger partial charge in [-0.1, -0.05) is 140 Å². The first-order valence-electron chi connectivity index (χ1n) is 19.8. The largest absolute Gasteiger partial charge is 0.469 e. The van der Waals surface area contributed by atoms with Gasteiger partial charge in [-0.25, -0.2) is 4.57 Å². The van der Waals surface area contributed by atoms with Gasteiger partial charge in [0.15, 0.2) is 6.10 Å². The van der Waals surface area contributed by atoms with E-state index in [4.69, 9.17) is 19.3 Å². The van der Waals surface area contributed by atoms with E-state index in [1.807, 2.05) is 0 Å². The molecule has 0 aliphatic rings. The number of carbonyl (C=O) groups is 2. The summed E-state index contributed by atoms with van der Waals surface area (Å²) >= 11 is 0. The third-order valence-corrected chi connectivity index (χ3v) is 8.87. The first-order valence-corrected chi connectivity index (χ1v) is 21.3. The molecule has 0 aromatic carbocycles. The van der Waals surface area contributed by atoms with Gasteiger partial charge >= 0.3 is 19.8 Å². The Kier molecular flexibility index (Phi) is 34.8. The first-order chi connectivity index (χ1) is 23.8. The maximum Gasteiger partial charge on any atom is 0.469 e. The van der Waals surface area contributed by atoms with Crippen molar-refractivity contribution in [2.45, 2.75) is 193 Å². The van der Waals surface area contributed by atoms with Crippen molar-refractivity contribution in [3.63, 3.8) is 0 Å². The Hall–Kier alpha value is -1.73. The van der Waals surface area contributed by atoms with Crippen molar-refractivity contribution >= 4 is 19.8 Å². The van der Waals surface area contributed by atoms with Crippen LogP contribution in [-0.2, 0) is 28.2 Å². The number of hydrogen-bond acceptors (Lipinski definition) is 6. The summed E-state index contributed by atoms with van der Waals surface area (Å²) in [5.74, 6) is -0.903. The molecule has 0 saturated carbocycles. The highest BCUT2D eigenvalue weighted by Crippen LogP contribution is 2.36. The van der Waals surface area contributed by atoms with Crippen LogP contribution in [0.15, 0.2) is 36.5 Å². The first kappa shape index (κ1) is 47.3. The molecule has 0 saturated heterocycles. The van der Waals surface area contributed by atoms with Gasteiger partial charge < -0.3 is 19.3 Å². The standard InChI is InChI=1S/C40H73O8P/c1-3-5-7-9-11-13-15-17-18-19-20-21-23-25-27-29-31-33-35-40(42)48-38(37-47-49(43,44)45)36-46-39(41)34-32-30-28-26-24-22-16-14-12-10-8-6-4-2/h13-16,18-19,38H,3-12,17,20-37H2,1-2H3,(H2,43,44,45)/b15-13-,16-14-,19-18-. The van der Waals surface area contributed by atoms with E-state index >= 15 is 0 Å². The average Bonchev–Trinajstić information content (AvgIpc) is 3.07. The monoisotopic (exact) mass is 713 g/mol. The molecule has 286 valence electrons. The summed E-state index contributed by atoms with van der Waals surface area (Å²) in [5, 5.41) is 0. The van der Waals surface area contributed by atoms with Crippen LogP contribution in [0.25, 0.3) is 0 Å². The highest BCUT2D eigenvalue weighted by atomic mass is 31.2. The maximum absolute atomic E-state index is 12.4. The van der Waals surface area contributed by atoms with Gasteiger partial charge in [-0.3, -0.25) is 14.1 Å². The summed E-state index contributed by atoms with van der Waals surface area (Å²) in [6.45, 7) is 3.63. The Labute approximate surface area is 300 Å². The molecule has 1 unspecified atom stereocenters. The topological polar surface area (TPSA) is 119 Å². The molecule has 0 aromatic rings. The summed E-state index contributed by atoms with van der Waals surface area (Å²) in [6, 6.07) is 0. The van der Waals surface area contributed by atoms with Crippen LogP contribution in [0.2, 0.25) is 0 Å². The highest BCUT2D eigenvalue weighted by molar-refractivity contribution is 7.46. The molecule has 0 spiro atoms. The van der Waals surface area contributed by atoms with Gasteiger partial charge in [0.25, 0.3) is 0 Å². The van der Waals surface area contributed by atoms with E-state index in [0.29, 0.717) is 12.8 Å². The Morgan fingerprint density at radius 1 is 0.531 bits per heavy atom. The Morgan fingerprint density at radius 2 is 0.918 bits per heavy atom. The minimum atomic E-state index is -4.75. The molecule has 1 atom stereocenters. The summed E-state index contributed by atoms with van der Waals surface area (Å²) in [7, 11) is -4.75. The fourth-order valence-electron chi connectivity index (χ4n) is 5.40.